The highest BCUT2D eigenvalue weighted by atomic mass is 32.1. The van der Waals surface area contributed by atoms with Gasteiger partial charge in [-0.25, -0.2) is 4.98 Å². The molecule has 0 spiro atoms. The fraction of sp³-hybridized carbons (Fsp3) is 0.471. The highest BCUT2D eigenvalue weighted by Crippen LogP contribution is 2.41. The van der Waals surface area contributed by atoms with Gasteiger partial charge in [-0.15, -0.1) is 11.3 Å². The van der Waals surface area contributed by atoms with Gasteiger partial charge in [-0.1, -0.05) is 6.07 Å². The molecule has 110 valence electrons. The van der Waals surface area contributed by atoms with Gasteiger partial charge in [0.1, 0.15) is 6.10 Å². The van der Waals surface area contributed by atoms with Crippen LogP contribution < -0.4 is 4.74 Å². The van der Waals surface area contributed by atoms with Crippen molar-refractivity contribution in [1.82, 2.24) is 9.88 Å². The number of fused-ring (bicyclic) bond motifs is 2. The number of nitrogens with zero attached hydrogens (tertiary/aromatic N) is 2. The quantitative estimate of drug-likeness (QED) is 0.864. The number of rotatable bonds is 4. The standard InChI is InChI=1S/C17H20N2OS/c1-12-5-7-14(21-12)11-19-10-13-6-8-15(19)17(13)20-16-4-2-3-9-18-16/h2-5,7,9,13,15,17H,6,8,10-11H2,1H3/t13-,15+,17+/m1/s1. The van der Waals surface area contributed by atoms with Gasteiger partial charge >= 0.3 is 0 Å². The average molecular weight is 300 g/mol. The van der Waals surface area contributed by atoms with Crippen LogP contribution in [0.15, 0.2) is 36.5 Å². The average Bonchev–Trinajstić information content (AvgIpc) is 3.16. The highest BCUT2D eigenvalue weighted by Gasteiger charge is 2.48. The molecule has 2 fully saturated rings. The van der Waals surface area contributed by atoms with E-state index in [0.29, 0.717) is 18.1 Å². The van der Waals surface area contributed by atoms with Gasteiger partial charge in [0, 0.05) is 47.1 Å². The summed E-state index contributed by atoms with van der Waals surface area (Å²) in [7, 11) is 0. The molecule has 2 aliphatic rings. The lowest BCUT2D eigenvalue weighted by Crippen LogP contribution is -2.35. The van der Waals surface area contributed by atoms with Crippen molar-refractivity contribution in [2.24, 2.45) is 5.92 Å². The Morgan fingerprint density at radius 1 is 1.29 bits per heavy atom. The van der Waals surface area contributed by atoms with Crippen LogP contribution in [0.5, 0.6) is 5.88 Å². The largest absolute Gasteiger partial charge is 0.472 e. The summed E-state index contributed by atoms with van der Waals surface area (Å²) in [6.07, 6.45) is 4.67. The molecule has 1 aliphatic heterocycles. The van der Waals surface area contributed by atoms with Gasteiger partial charge in [0.25, 0.3) is 0 Å². The lowest BCUT2D eigenvalue weighted by molar-refractivity contribution is 0.137. The Balaban J connectivity index is 1.46. The number of ether oxygens (including phenoxy) is 1. The third-order valence-electron chi connectivity index (χ3n) is 4.66. The number of aromatic nitrogens is 1. The molecule has 0 amide bonds. The van der Waals surface area contributed by atoms with E-state index in [0.717, 1.165) is 12.4 Å². The third-order valence-corrected chi connectivity index (χ3v) is 5.65. The van der Waals surface area contributed by atoms with Crippen molar-refractivity contribution < 1.29 is 4.74 Å². The molecule has 0 aromatic carbocycles. The molecule has 3 nitrogen and oxygen atoms in total. The van der Waals surface area contributed by atoms with E-state index in [1.165, 1.54) is 29.1 Å². The van der Waals surface area contributed by atoms with E-state index in [2.05, 4.69) is 28.9 Å². The fourth-order valence-corrected chi connectivity index (χ4v) is 4.65. The summed E-state index contributed by atoms with van der Waals surface area (Å²) in [5.74, 6) is 1.44. The number of hydrogen-bond donors (Lipinski definition) is 0. The highest BCUT2D eigenvalue weighted by molar-refractivity contribution is 7.11. The number of aryl methyl sites for hydroxylation is 1. The third kappa shape index (κ3) is 2.58. The van der Waals surface area contributed by atoms with Crippen molar-refractivity contribution in [3.8, 4) is 5.88 Å². The van der Waals surface area contributed by atoms with Crippen molar-refractivity contribution in [2.75, 3.05) is 6.54 Å². The molecule has 4 rings (SSSR count). The maximum Gasteiger partial charge on any atom is 0.213 e. The lowest BCUT2D eigenvalue weighted by atomic mass is 10.1. The molecule has 3 atom stereocenters. The second-order valence-electron chi connectivity index (χ2n) is 6.10. The minimum Gasteiger partial charge on any atom is -0.472 e. The van der Waals surface area contributed by atoms with Gasteiger partial charge in [0.2, 0.25) is 5.88 Å². The maximum atomic E-state index is 6.19. The number of likely N-dealkylation sites (tertiary alicyclic amines) is 1. The van der Waals surface area contributed by atoms with Crippen LogP contribution in [0.1, 0.15) is 22.6 Å². The number of thiophene rings is 1. The van der Waals surface area contributed by atoms with Crippen LogP contribution in [0.25, 0.3) is 0 Å². The van der Waals surface area contributed by atoms with Crippen LogP contribution in [-0.2, 0) is 6.54 Å². The van der Waals surface area contributed by atoms with E-state index in [1.807, 2.05) is 29.5 Å². The van der Waals surface area contributed by atoms with Crippen molar-refractivity contribution in [3.05, 3.63) is 46.3 Å². The number of piperidine rings is 1. The molecule has 3 heterocycles. The van der Waals surface area contributed by atoms with Crippen LogP contribution in [0, 0.1) is 12.8 Å². The Morgan fingerprint density at radius 3 is 3.00 bits per heavy atom. The van der Waals surface area contributed by atoms with Gasteiger partial charge in [-0.2, -0.15) is 0 Å². The Kier molecular flexibility index (Phi) is 3.43. The van der Waals surface area contributed by atoms with Crippen LogP contribution in [0.2, 0.25) is 0 Å². The molecular weight excluding hydrogens is 280 g/mol. The first kappa shape index (κ1) is 13.3. The summed E-state index contributed by atoms with van der Waals surface area (Å²) in [6.45, 7) is 4.41. The summed E-state index contributed by atoms with van der Waals surface area (Å²) in [5, 5.41) is 0. The molecular formula is C17H20N2OS. The molecule has 21 heavy (non-hydrogen) atoms. The maximum absolute atomic E-state index is 6.19. The predicted octanol–water partition coefficient (Wildman–Crippen LogP) is 3.49. The van der Waals surface area contributed by atoms with Crippen LogP contribution >= 0.6 is 11.3 Å². The normalized spacial score (nSPS) is 28.1. The molecule has 2 aromatic heterocycles. The lowest BCUT2D eigenvalue weighted by Gasteiger charge is -2.26. The molecule has 2 aromatic rings. The van der Waals surface area contributed by atoms with E-state index in [1.54, 1.807) is 6.20 Å². The minimum absolute atomic E-state index is 0.320. The van der Waals surface area contributed by atoms with Crippen LogP contribution in [0.4, 0.5) is 0 Å². The molecule has 1 saturated carbocycles. The van der Waals surface area contributed by atoms with Gasteiger partial charge in [-0.05, 0) is 38.0 Å². The molecule has 1 aliphatic carbocycles. The van der Waals surface area contributed by atoms with Crippen molar-refractivity contribution >= 4 is 11.3 Å². The smallest absolute Gasteiger partial charge is 0.213 e. The predicted molar refractivity (Wildman–Crippen MR) is 84.6 cm³/mol. The topological polar surface area (TPSA) is 25.4 Å². The number of hydrogen-bond acceptors (Lipinski definition) is 4. The molecule has 1 saturated heterocycles. The Morgan fingerprint density at radius 2 is 2.24 bits per heavy atom. The van der Waals surface area contributed by atoms with Gasteiger partial charge in [-0.3, -0.25) is 4.90 Å². The second kappa shape index (κ2) is 5.43. The van der Waals surface area contributed by atoms with E-state index in [9.17, 15) is 0 Å². The molecule has 4 heteroatoms. The summed E-state index contributed by atoms with van der Waals surface area (Å²) >= 11 is 1.91. The first-order valence-electron chi connectivity index (χ1n) is 7.66. The summed E-state index contributed by atoms with van der Waals surface area (Å²) < 4.78 is 6.19. The van der Waals surface area contributed by atoms with Crippen LogP contribution in [-0.4, -0.2) is 28.6 Å². The zero-order valence-corrected chi connectivity index (χ0v) is 13.1. The summed E-state index contributed by atoms with van der Waals surface area (Å²) in [5.41, 5.74) is 0. The Bertz CT molecular complexity index is 612. The Hall–Kier alpha value is -1.39. The van der Waals surface area contributed by atoms with Crippen molar-refractivity contribution in [1.29, 1.82) is 0 Å². The van der Waals surface area contributed by atoms with E-state index >= 15 is 0 Å². The van der Waals surface area contributed by atoms with E-state index in [-0.39, 0.29) is 0 Å². The zero-order valence-electron chi connectivity index (χ0n) is 12.2. The van der Waals surface area contributed by atoms with E-state index < -0.39 is 0 Å². The van der Waals surface area contributed by atoms with Crippen LogP contribution in [0.3, 0.4) is 0 Å². The zero-order chi connectivity index (χ0) is 14.2. The molecule has 2 bridgehead atoms. The Labute approximate surface area is 129 Å². The SMILES string of the molecule is Cc1ccc(CN2C[C@H]3CC[C@H]2[C@H]3Oc2ccccn2)s1. The van der Waals surface area contributed by atoms with Gasteiger partial charge < -0.3 is 4.74 Å². The summed E-state index contributed by atoms with van der Waals surface area (Å²) in [4.78, 5) is 9.78. The van der Waals surface area contributed by atoms with Crippen molar-refractivity contribution in [3.63, 3.8) is 0 Å². The van der Waals surface area contributed by atoms with Crippen molar-refractivity contribution in [2.45, 2.75) is 38.5 Å². The monoisotopic (exact) mass is 300 g/mol. The van der Waals surface area contributed by atoms with Gasteiger partial charge in [0.05, 0.1) is 0 Å². The van der Waals surface area contributed by atoms with Gasteiger partial charge in [0.15, 0.2) is 0 Å². The molecule has 0 N–H and O–H groups in total. The summed E-state index contributed by atoms with van der Waals surface area (Å²) in [6, 6.07) is 10.9. The number of pyridine rings is 1. The first-order valence-corrected chi connectivity index (χ1v) is 8.48. The first-order chi connectivity index (χ1) is 10.3. The minimum atomic E-state index is 0.320. The van der Waals surface area contributed by atoms with E-state index in [4.69, 9.17) is 4.74 Å². The fourth-order valence-electron chi connectivity index (χ4n) is 3.73. The second-order valence-corrected chi connectivity index (χ2v) is 7.47. The molecule has 0 unspecified atom stereocenters. The molecule has 0 radical (unpaired) electrons.